The summed E-state index contributed by atoms with van der Waals surface area (Å²) in [6.07, 6.45) is 0. The van der Waals surface area contributed by atoms with Crippen LogP contribution < -0.4 is 5.32 Å². The van der Waals surface area contributed by atoms with Gasteiger partial charge in [-0.15, -0.1) is 0 Å². The van der Waals surface area contributed by atoms with Crippen LogP contribution in [0.2, 0.25) is 0 Å². The lowest BCUT2D eigenvalue weighted by Gasteiger charge is -2.12. The SMILES string of the molecule is Cc1ccc(NCC(=O)N(C)C)cc1C. The molecule has 0 aliphatic heterocycles. The first kappa shape index (κ1) is 11.6. The van der Waals surface area contributed by atoms with E-state index in [2.05, 4.69) is 31.3 Å². The number of amides is 1. The minimum atomic E-state index is 0.0771. The first-order chi connectivity index (χ1) is 7.00. The summed E-state index contributed by atoms with van der Waals surface area (Å²) in [6, 6.07) is 6.10. The molecular formula is C12H18N2O. The number of nitrogens with one attached hydrogen (secondary N) is 1. The van der Waals surface area contributed by atoms with Crippen molar-refractivity contribution < 1.29 is 4.79 Å². The third-order valence-electron chi connectivity index (χ3n) is 2.45. The first-order valence-electron chi connectivity index (χ1n) is 5.02. The van der Waals surface area contributed by atoms with Gasteiger partial charge in [0.2, 0.25) is 5.91 Å². The first-order valence-corrected chi connectivity index (χ1v) is 5.02. The van der Waals surface area contributed by atoms with Crippen LogP contribution >= 0.6 is 0 Å². The van der Waals surface area contributed by atoms with Gasteiger partial charge in [-0.3, -0.25) is 4.79 Å². The molecule has 3 nitrogen and oxygen atoms in total. The van der Waals surface area contributed by atoms with E-state index in [0.717, 1.165) is 5.69 Å². The van der Waals surface area contributed by atoms with Gasteiger partial charge < -0.3 is 10.2 Å². The van der Waals surface area contributed by atoms with Gasteiger partial charge in [0.05, 0.1) is 6.54 Å². The number of carbonyl (C=O) groups excluding carboxylic acids is 1. The van der Waals surface area contributed by atoms with Crippen molar-refractivity contribution in [1.29, 1.82) is 0 Å². The predicted molar refractivity (Wildman–Crippen MR) is 63.1 cm³/mol. The molecule has 0 fully saturated rings. The molecular weight excluding hydrogens is 188 g/mol. The van der Waals surface area contributed by atoms with Crippen molar-refractivity contribution in [3.63, 3.8) is 0 Å². The van der Waals surface area contributed by atoms with E-state index in [1.807, 2.05) is 6.07 Å². The molecule has 3 heteroatoms. The lowest BCUT2D eigenvalue weighted by molar-refractivity contribution is -0.126. The topological polar surface area (TPSA) is 32.3 Å². The highest BCUT2D eigenvalue weighted by molar-refractivity contribution is 5.80. The highest BCUT2D eigenvalue weighted by atomic mass is 16.2. The second kappa shape index (κ2) is 4.82. The summed E-state index contributed by atoms with van der Waals surface area (Å²) in [5, 5.41) is 3.10. The van der Waals surface area contributed by atoms with Gasteiger partial charge in [-0.05, 0) is 37.1 Å². The summed E-state index contributed by atoms with van der Waals surface area (Å²) in [5.74, 6) is 0.0771. The Balaban J connectivity index is 2.58. The van der Waals surface area contributed by atoms with Crippen LogP contribution in [0, 0.1) is 13.8 Å². The molecule has 0 aliphatic carbocycles. The molecule has 15 heavy (non-hydrogen) atoms. The zero-order chi connectivity index (χ0) is 11.4. The summed E-state index contributed by atoms with van der Waals surface area (Å²) in [5.41, 5.74) is 3.49. The summed E-state index contributed by atoms with van der Waals surface area (Å²) in [4.78, 5) is 12.9. The molecule has 0 spiro atoms. The number of anilines is 1. The molecule has 0 saturated carbocycles. The summed E-state index contributed by atoms with van der Waals surface area (Å²) in [6.45, 7) is 4.48. The van der Waals surface area contributed by atoms with Gasteiger partial charge in [0.1, 0.15) is 0 Å². The fourth-order valence-electron chi connectivity index (χ4n) is 1.19. The molecule has 0 unspecified atom stereocenters. The smallest absolute Gasteiger partial charge is 0.241 e. The summed E-state index contributed by atoms with van der Waals surface area (Å²) < 4.78 is 0. The van der Waals surface area contributed by atoms with Gasteiger partial charge in [-0.25, -0.2) is 0 Å². The number of aryl methyl sites for hydroxylation is 2. The molecule has 1 aromatic rings. The van der Waals surface area contributed by atoms with Crippen LogP contribution in [0.5, 0.6) is 0 Å². The van der Waals surface area contributed by atoms with Gasteiger partial charge >= 0.3 is 0 Å². The quantitative estimate of drug-likeness (QED) is 0.818. The van der Waals surface area contributed by atoms with Gasteiger partial charge in [0, 0.05) is 19.8 Å². The lowest BCUT2D eigenvalue weighted by Crippen LogP contribution is -2.28. The Hall–Kier alpha value is -1.51. The molecule has 0 heterocycles. The minimum Gasteiger partial charge on any atom is -0.376 e. The number of benzene rings is 1. The Kier molecular flexibility index (Phi) is 3.72. The highest BCUT2D eigenvalue weighted by Crippen LogP contribution is 2.13. The second-order valence-electron chi connectivity index (χ2n) is 3.94. The number of hydrogen-bond donors (Lipinski definition) is 1. The fraction of sp³-hybridized carbons (Fsp3) is 0.417. The molecule has 1 aromatic carbocycles. The average Bonchev–Trinajstić information content (AvgIpc) is 2.19. The maximum Gasteiger partial charge on any atom is 0.241 e. The second-order valence-corrected chi connectivity index (χ2v) is 3.94. The number of rotatable bonds is 3. The van der Waals surface area contributed by atoms with Crippen molar-refractivity contribution in [2.75, 3.05) is 26.0 Å². The van der Waals surface area contributed by atoms with E-state index >= 15 is 0 Å². The third-order valence-corrected chi connectivity index (χ3v) is 2.45. The van der Waals surface area contributed by atoms with Crippen molar-refractivity contribution in [2.45, 2.75) is 13.8 Å². The van der Waals surface area contributed by atoms with Crippen LogP contribution in [0.3, 0.4) is 0 Å². The zero-order valence-corrected chi connectivity index (χ0v) is 9.79. The maximum atomic E-state index is 11.3. The zero-order valence-electron chi connectivity index (χ0n) is 9.79. The Bertz CT molecular complexity index is 359. The van der Waals surface area contributed by atoms with E-state index in [0.29, 0.717) is 6.54 Å². The van der Waals surface area contributed by atoms with Crippen LogP contribution in [0.25, 0.3) is 0 Å². The number of hydrogen-bond acceptors (Lipinski definition) is 2. The van der Waals surface area contributed by atoms with Crippen molar-refractivity contribution in [3.8, 4) is 0 Å². The minimum absolute atomic E-state index is 0.0771. The highest BCUT2D eigenvalue weighted by Gasteiger charge is 2.03. The molecule has 0 aliphatic rings. The van der Waals surface area contributed by atoms with Gasteiger partial charge in [0.25, 0.3) is 0 Å². The third kappa shape index (κ3) is 3.27. The van der Waals surface area contributed by atoms with Crippen LogP contribution in [0.15, 0.2) is 18.2 Å². The van der Waals surface area contributed by atoms with E-state index in [4.69, 9.17) is 0 Å². The molecule has 1 amide bonds. The van der Waals surface area contributed by atoms with Crippen molar-refractivity contribution in [1.82, 2.24) is 4.90 Å². The summed E-state index contributed by atoms with van der Waals surface area (Å²) in [7, 11) is 3.51. The lowest BCUT2D eigenvalue weighted by atomic mass is 10.1. The van der Waals surface area contributed by atoms with E-state index in [9.17, 15) is 4.79 Å². The predicted octanol–water partition coefficient (Wildman–Crippen LogP) is 1.80. The standard InChI is InChI=1S/C12H18N2O/c1-9-5-6-11(7-10(9)2)13-8-12(15)14(3)4/h5-7,13H,8H2,1-4H3. The summed E-state index contributed by atoms with van der Waals surface area (Å²) >= 11 is 0. The van der Waals surface area contributed by atoms with Crippen LogP contribution in [-0.4, -0.2) is 31.4 Å². The molecule has 1 N–H and O–H groups in total. The molecule has 0 aromatic heterocycles. The molecule has 82 valence electrons. The molecule has 0 saturated heterocycles. The Labute approximate surface area is 91.1 Å². The van der Waals surface area contributed by atoms with E-state index in [1.165, 1.54) is 11.1 Å². The normalized spacial score (nSPS) is 9.87. The van der Waals surface area contributed by atoms with Crippen molar-refractivity contribution >= 4 is 11.6 Å². The van der Waals surface area contributed by atoms with Crippen LogP contribution in [0.4, 0.5) is 5.69 Å². The molecule has 1 rings (SSSR count). The number of carbonyl (C=O) groups is 1. The maximum absolute atomic E-state index is 11.3. The Morgan fingerprint density at radius 2 is 1.93 bits per heavy atom. The monoisotopic (exact) mass is 206 g/mol. The van der Waals surface area contributed by atoms with Crippen LogP contribution in [0.1, 0.15) is 11.1 Å². The van der Waals surface area contributed by atoms with Crippen molar-refractivity contribution in [3.05, 3.63) is 29.3 Å². The van der Waals surface area contributed by atoms with Gasteiger partial charge in [-0.1, -0.05) is 6.07 Å². The van der Waals surface area contributed by atoms with E-state index in [-0.39, 0.29) is 5.91 Å². The Morgan fingerprint density at radius 3 is 2.47 bits per heavy atom. The van der Waals surface area contributed by atoms with Gasteiger partial charge in [0.15, 0.2) is 0 Å². The van der Waals surface area contributed by atoms with E-state index in [1.54, 1.807) is 19.0 Å². The Morgan fingerprint density at radius 1 is 1.27 bits per heavy atom. The largest absolute Gasteiger partial charge is 0.376 e. The molecule has 0 bridgehead atoms. The average molecular weight is 206 g/mol. The molecule has 0 atom stereocenters. The fourth-order valence-corrected chi connectivity index (χ4v) is 1.19. The molecule has 0 radical (unpaired) electrons. The van der Waals surface area contributed by atoms with Crippen LogP contribution in [-0.2, 0) is 4.79 Å². The number of likely N-dealkylation sites (N-methyl/N-ethyl adjacent to an activating group) is 1. The number of nitrogens with zero attached hydrogens (tertiary/aromatic N) is 1. The van der Waals surface area contributed by atoms with Crippen molar-refractivity contribution in [2.24, 2.45) is 0 Å². The van der Waals surface area contributed by atoms with E-state index < -0.39 is 0 Å². The van der Waals surface area contributed by atoms with Gasteiger partial charge in [-0.2, -0.15) is 0 Å².